The zero-order valence-corrected chi connectivity index (χ0v) is 11.8. The molecule has 2 aromatic heterocycles. The minimum atomic E-state index is -1.31. The zero-order chi connectivity index (χ0) is 15.1. The summed E-state index contributed by atoms with van der Waals surface area (Å²) in [5, 5.41) is 10.7. The largest absolute Gasteiger partial charge is 0.478 e. The summed E-state index contributed by atoms with van der Waals surface area (Å²) in [5.41, 5.74) is 0.576. The van der Waals surface area contributed by atoms with Gasteiger partial charge in [-0.2, -0.15) is 0 Å². The standard InChI is InChI=1S/C14H6ClF2NO2S/c15-12-1-6(5-21-12)10-4-8(14(19)20)13-9(17)2-7(16)3-11(13)18-10/h1-5H,(H,19,20). The highest BCUT2D eigenvalue weighted by Crippen LogP contribution is 2.31. The van der Waals surface area contributed by atoms with E-state index in [0.29, 0.717) is 21.7 Å². The second-order valence-electron chi connectivity index (χ2n) is 4.28. The van der Waals surface area contributed by atoms with Crippen molar-refractivity contribution in [1.82, 2.24) is 4.98 Å². The fourth-order valence-electron chi connectivity index (χ4n) is 2.05. The number of hydrogen-bond acceptors (Lipinski definition) is 3. The van der Waals surface area contributed by atoms with Crippen molar-refractivity contribution in [2.45, 2.75) is 0 Å². The Balaban J connectivity index is 2.37. The maximum absolute atomic E-state index is 13.8. The Morgan fingerprint density at radius 1 is 1.24 bits per heavy atom. The molecule has 0 amide bonds. The van der Waals surface area contributed by atoms with Gasteiger partial charge in [-0.15, -0.1) is 11.3 Å². The van der Waals surface area contributed by atoms with Crippen LogP contribution in [0.1, 0.15) is 10.4 Å². The summed E-state index contributed by atoms with van der Waals surface area (Å²) < 4.78 is 27.7. The lowest BCUT2D eigenvalue weighted by atomic mass is 10.0. The average molecular weight is 326 g/mol. The van der Waals surface area contributed by atoms with Crippen LogP contribution in [-0.2, 0) is 0 Å². The molecule has 3 nitrogen and oxygen atoms in total. The van der Waals surface area contributed by atoms with Crippen LogP contribution in [0.4, 0.5) is 8.78 Å². The van der Waals surface area contributed by atoms with Gasteiger partial charge < -0.3 is 5.11 Å². The van der Waals surface area contributed by atoms with Crippen molar-refractivity contribution in [2.24, 2.45) is 0 Å². The van der Waals surface area contributed by atoms with Crippen LogP contribution in [0.3, 0.4) is 0 Å². The Labute approximate surface area is 126 Å². The van der Waals surface area contributed by atoms with Gasteiger partial charge in [0.15, 0.2) is 0 Å². The number of pyridine rings is 1. The number of thiophene rings is 1. The smallest absolute Gasteiger partial charge is 0.336 e. The number of aromatic nitrogens is 1. The molecule has 0 fully saturated rings. The van der Waals surface area contributed by atoms with Crippen molar-refractivity contribution in [2.75, 3.05) is 0 Å². The van der Waals surface area contributed by atoms with Crippen molar-refractivity contribution in [3.05, 3.63) is 51.2 Å². The molecular formula is C14H6ClF2NO2S. The monoisotopic (exact) mass is 325 g/mol. The summed E-state index contributed by atoms with van der Waals surface area (Å²) in [6.07, 6.45) is 0. The van der Waals surface area contributed by atoms with Crippen LogP contribution in [0.5, 0.6) is 0 Å². The molecule has 2 heterocycles. The van der Waals surface area contributed by atoms with Gasteiger partial charge in [-0.1, -0.05) is 11.6 Å². The Bertz CT molecular complexity index is 879. The second-order valence-corrected chi connectivity index (χ2v) is 5.82. The Morgan fingerprint density at radius 3 is 2.62 bits per heavy atom. The van der Waals surface area contributed by atoms with E-state index in [4.69, 9.17) is 11.6 Å². The summed E-state index contributed by atoms with van der Waals surface area (Å²) in [6.45, 7) is 0. The van der Waals surface area contributed by atoms with E-state index in [1.165, 1.54) is 17.4 Å². The molecule has 1 aromatic carbocycles. The van der Waals surface area contributed by atoms with Crippen molar-refractivity contribution >= 4 is 39.8 Å². The van der Waals surface area contributed by atoms with Crippen molar-refractivity contribution in [3.63, 3.8) is 0 Å². The first-order valence-electron chi connectivity index (χ1n) is 5.73. The third kappa shape index (κ3) is 2.48. The van der Waals surface area contributed by atoms with Crippen LogP contribution in [0.25, 0.3) is 22.2 Å². The fraction of sp³-hybridized carbons (Fsp3) is 0. The number of aromatic carboxylic acids is 1. The molecule has 3 aromatic rings. The van der Waals surface area contributed by atoms with Gasteiger partial charge in [-0.05, 0) is 12.1 Å². The number of carbonyl (C=O) groups is 1. The zero-order valence-electron chi connectivity index (χ0n) is 10.2. The minimum Gasteiger partial charge on any atom is -0.478 e. The number of rotatable bonds is 2. The molecule has 7 heteroatoms. The average Bonchev–Trinajstić information content (AvgIpc) is 2.83. The molecular weight excluding hydrogens is 320 g/mol. The first-order chi connectivity index (χ1) is 9.95. The van der Waals surface area contributed by atoms with Crippen LogP contribution in [-0.4, -0.2) is 16.1 Å². The van der Waals surface area contributed by atoms with Crippen LogP contribution in [0, 0.1) is 11.6 Å². The Hall–Kier alpha value is -2.05. The summed E-state index contributed by atoms with van der Waals surface area (Å²) in [5.74, 6) is -3.08. The number of halogens is 3. The van der Waals surface area contributed by atoms with E-state index in [0.717, 1.165) is 6.07 Å². The SMILES string of the molecule is O=C(O)c1cc(-c2csc(Cl)c2)nc2cc(F)cc(F)c12. The Kier molecular flexibility index (Phi) is 3.35. The molecule has 0 atom stereocenters. The lowest BCUT2D eigenvalue weighted by molar-refractivity contribution is 0.0698. The molecule has 0 aliphatic carbocycles. The van der Waals surface area contributed by atoms with E-state index in [9.17, 15) is 18.7 Å². The van der Waals surface area contributed by atoms with Crippen molar-refractivity contribution < 1.29 is 18.7 Å². The molecule has 106 valence electrons. The molecule has 21 heavy (non-hydrogen) atoms. The van der Waals surface area contributed by atoms with Crippen molar-refractivity contribution in [3.8, 4) is 11.3 Å². The van der Waals surface area contributed by atoms with Gasteiger partial charge in [-0.3, -0.25) is 0 Å². The van der Waals surface area contributed by atoms with E-state index in [-0.39, 0.29) is 16.5 Å². The maximum Gasteiger partial charge on any atom is 0.336 e. The lowest BCUT2D eigenvalue weighted by Gasteiger charge is -2.07. The normalized spacial score (nSPS) is 11.0. The van der Waals surface area contributed by atoms with E-state index in [2.05, 4.69) is 4.98 Å². The summed E-state index contributed by atoms with van der Waals surface area (Å²) >= 11 is 7.09. The fourth-order valence-corrected chi connectivity index (χ4v) is 2.92. The molecule has 3 rings (SSSR count). The molecule has 0 radical (unpaired) electrons. The summed E-state index contributed by atoms with van der Waals surface area (Å²) in [4.78, 5) is 15.5. The summed E-state index contributed by atoms with van der Waals surface area (Å²) in [6, 6.07) is 4.51. The first-order valence-corrected chi connectivity index (χ1v) is 6.99. The third-order valence-corrected chi connectivity index (χ3v) is 4.01. The van der Waals surface area contributed by atoms with Gasteiger partial charge in [0.1, 0.15) is 11.6 Å². The highest BCUT2D eigenvalue weighted by molar-refractivity contribution is 7.14. The molecule has 0 aliphatic rings. The lowest BCUT2D eigenvalue weighted by Crippen LogP contribution is -2.02. The van der Waals surface area contributed by atoms with Crippen LogP contribution in [0.2, 0.25) is 4.34 Å². The van der Waals surface area contributed by atoms with Crippen LogP contribution < -0.4 is 0 Å². The molecule has 0 saturated carbocycles. The topological polar surface area (TPSA) is 50.2 Å². The quantitative estimate of drug-likeness (QED) is 0.749. The molecule has 0 bridgehead atoms. The molecule has 0 saturated heterocycles. The van der Waals surface area contributed by atoms with Gasteiger partial charge in [-0.25, -0.2) is 18.6 Å². The van der Waals surface area contributed by atoms with Gasteiger partial charge in [0, 0.05) is 23.1 Å². The molecule has 0 unspecified atom stereocenters. The predicted octanol–water partition coefficient (Wildman–Crippen LogP) is 4.59. The van der Waals surface area contributed by atoms with Crippen LogP contribution in [0.15, 0.2) is 29.6 Å². The van der Waals surface area contributed by atoms with Crippen molar-refractivity contribution in [1.29, 1.82) is 0 Å². The second kappa shape index (κ2) is 5.05. The van der Waals surface area contributed by atoms with Crippen LogP contribution >= 0.6 is 22.9 Å². The van der Waals surface area contributed by atoms with E-state index >= 15 is 0 Å². The number of hydrogen-bond donors (Lipinski definition) is 1. The van der Waals surface area contributed by atoms with Gasteiger partial charge in [0.2, 0.25) is 0 Å². The first kappa shape index (κ1) is 13.9. The predicted molar refractivity (Wildman–Crippen MR) is 76.9 cm³/mol. The van der Waals surface area contributed by atoms with Gasteiger partial charge >= 0.3 is 5.97 Å². The minimum absolute atomic E-state index is 0.0512. The maximum atomic E-state index is 13.8. The highest BCUT2D eigenvalue weighted by Gasteiger charge is 2.18. The van der Waals surface area contributed by atoms with Gasteiger partial charge in [0.25, 0.3) is 0 Å². The molecule has 1 N–H and O–H groups in total. The van der Waals surface area contributed by atoms with E-state index in [1.807, 2.05) is 0 Å². The third-order valence-electron chi connectivity index (χ3n) is 2.92. The highest BCUT2D eigenvalue weighted by atomic mass is 35.5. The number of nitrogens with zero attached hydrogens (tertiary/aromatic N) is 1. The number of benzene rings is 1. The number of carboxylic acids is 1. The number of fused-ring (bicyclic) bond motifs is 1. The van der Waals surface area contributed by atoms with E-state index < -0.39 is 17.6 Å². The molecule has 0 aliphatic heterocycles. The molecule has 0 spiro atoms. The Morgan fingerprint density at radius 2 is 2.00 bits per heavy atom. The summed E-state index contributed by atoms with van der Waals surface area (Å²) in [7, 11) is 0. The van der Waals surface area contributed by atoms with E-state index in [1.54, 1.807) is 11.4 Å². The number of carboxylic acid groups (broad SMARTS) is 1. The van der Waals surface area contributed by atoms with Gasteiger partial charge in [0.05, 0.1) is 26.5 Å².